The van der Waals surface area contributed by atoms with Crippen molar-refractivity contribution in [3.05, 3.63) is 48.3 Å². The number of hydrogen-bond donors (Lipinski definition) is 1. The van der Waals surface area contributed by atoms with Crippen LogP contribution < -0.4 is 15.0 Å². The zero-order valence-corrected chi connectivity index (χ0v) is 14.6. The van der Waals surface area contributed by atoms with Crippen molar-refractivity contribution in [2.45, 2.75) is 28.4 Å². The van der Waals surface area contributed by atoms with Gasteiger partial charge in [-0.2, -0.15) is 0 Å². The molecule has 0 spiro atoms. The molecule has 0 aromatic heterocycles. The minimum atomic E-state index is -0.874. The van der Waals surface area contributed by atoms with E-state index in [1.807, 2.05) is 24.3 Å². The molecule has 1 N–H and O–H groups in total. The molecule has 2 aromatic rings. The van der Waals surface area contributed by atoms with Crippen molar-refractivity contribution in [1.82, 2.24) is 5.32 Å². The Morgan fingerprint density at radius 2 is 2.04 bits per heavy atom. The van der Waals surface area contributed by atoms with Gasteiger partial charge in [-0.3, -0.25) is 0 Å². The Balaban J connectivity index is 1.57. The van der Waals surface area contributed by atoms with Gasteiger partial charge >= 0.3 is 0 Å². The van der Waals surface area contributed by atoms with Gasteiger partial charge in [0.1, 0.15) is 24.3 Å². The summed E-state index contributed by atoms with van der Waals surface area (Å²) in [6, 6.07) is 12.4. The summed E-state index contributed by atoms with van der Waals surface area (Å²) >= 11 is 1.49. The molecule has 0 radical (unpaired) electrons. The SMILES string of the molecule is Fc1cccc(Sc2ccc3c(c2)OCCN3C2CCNCC2F)c1. The highest BCUT2D eigenvalue weighted by molar-refractivity contribution is 7.99. The predicted molar refractivity (Wildman–Crippen MR) is 96.0 cm³/mol. The first-order valence-electron chi connectivity index (χ1n) is 8.52. The van der Waals surface area contributed by atoms with Crippen LogP contribution in [0.4, 0.5) is 14.5 Å². The fourth-order valence-electron chi connectivity index (χ4n) is 3.45. The Morgan fingerprint density at radius 1 is 1.16 bits per heavy atom. The van der Waals surface area contributed by atoms with Crippen LogP contribution in [-0.4, -0.2) is 38.5 Å². The molecule has 25 heavy (non-hydrogen) atoms. The van der Waals surface area contributed by atoms with Gasteiger partial charge in [0.2, 0.25) is 0 Å². The van der Waals surface area contributed by atoms with Crippen LogP contribution in [0.1, 0.15) is 6.42 Å². The highest BCUT2D eigenvalue weighted by Gasteiger charge is 2.33. The predicted octanol–water partition coefficient (Wildman–Crippen LogP) is 3.88. The van der Waals surface area contributed by atoms with E-state index in [9.17, 15) is 8.78 Å². The van der Waals surface area contributed by atoms with E-state index in [2.05, 4.69) is 10.2 Å². The molecule has 2 aliphatic heterocycles. The van der Waals surface area contributed by atoms with Crippen LogP contribution in [0.3, 0.4) is 0 Å². The number of piperidine rings is 1. The van der Waals surface area contributed by atoms with E-state index in [1.165, 1.54) is 23.9 Å². The van der Waals surface area contributed by atoms with Crippen molar-refractivity contribution in [2.24, 2.45) is 0 Å². The van der Waals surface area contributed by atoms with E-state index in [0.717, 1.165) is 34.2 Å². The average Bonchev–Trinajstić information content (AvgIpc) is 2.62. The van der Waals surface area contributed by atoms with Crippen molar-refractivity contribution >= 4 is 17.4 Å². The molecular formula is C19H20F2N2OS. The first-order chi connectivity index (χ1) is 12.2. The van der Waals surface area contributed by atoms with Crippen molar-refractivity contribution in [1.29, 1.82) is 0 Å². The summed E-state index contributed by atoms with van der Waals surface area (Å²) in [5, 5.41) is 3.10. The van der Waals surface area contributed by atoms with Gasteiger partial charge < -0.3 is 15.0 Å². The molecule has 2 aliphatic rings. The minimum Gasteiger partial charge on any atom is -0.490 e. The van der Waals surface area contributed by atoms with Gasteiger partial charge in [0, 0.05) is 16.3 Å². The first-order valence-corrected chi connectivity index (χ1v) is 9.34. The van der Waals surface area contributed by atoms with Gasteiger partial charge in [-0.25, -0.2) is 8.78 Å². The van der Waals surface area contributed by atoms with Crippen molar-refractivity contribution in [2.75, 3.05) is 31.1 Å². The van der Waals surface area contributed by atoms with E-state index in [0.29, 0.717) is 19.7 Å². The summed E-state index contributed by atoms with van der Waals surface area (Å²) < 4.78 is 33.5. The number of benzene rings is 2. The van der Waals surface area contributed by atoms with E-state index in [-0.39, 0.29) is 11.9 Å². The van der Waals surface area contributed by atoms with Crippen LogP contribution >= 0.6 is 11.8 Å². The van der Waals surface area contributed by atoms with E-state index in [1.54, 1.807) is 6.07 Å². The second-order valence-electron chi connectivity index (χ2n) is 6.31. The molecule has 2 atom stereocenters. The number of rotatable bonds is 3. The third-order valence-electron chi connectivity index (χ3n) is 4.64. The number of nitrogens with zero attached hydrogens (tertiary/aromatic N) is 1. The van der Waals surface area contributed by atoms with Crippen molar-refractivity contribution < 1.29 is 13.5 Å². The van der Waals surface area contributed by atoms with Crippen molar-refractivity contribution in [3.63, 3.8) is 0 Å². The normalized spacial score (nSPS) is 23.0. The average molecular weight is 362 g/mol. The number of fused-ring (bicyclic) bond motifs is 1. The number of alkyl halides is 1. The molecule has 2 unspecified atom stereocenters. The number of nitrogens with one attached hydrogen (secondary N) is 1. The summed E-state index contributed by atoms with van der Waals surface area (Å²) in [6.45, 7) is 2.50. The summed E-state index contributed by atoms with van der Waals surface area (Å²) in [5.74, 6) is 0.531. The maximum Gasteiger partial charge on any atom is 0.143 e. The van der Waals surface area contributed by atoms with Crippen LogP contribution in [0.5, 0.6) is 5.75 Å². The number of anilines is 1. The van der Waals surface area contributed by atoms with Gasteiger partial charge in [0.05, 0.1) is 18.3 Å². The molecule has 132 valence electrons. The highest BCUT2D eigenvalue weighted by atomic mass is 32.2. The molecule has 4 rings (SSSR count). The summed E-state index contributed by atoms with van der Waals surface area (Å²) in [7, 11) is 0. The maximum absolute atomic E-state index is 14.3. The third-order valence-corrected chi connectivity index (χ3v) is 5.62. The smallest absolute Gasteiger partial charge is 0.143 e. The molecule has 2 heterocycles. The molecule has 3 nitrogen and oxygen atoms in total. The van der Waals surface area contributed by atoms with E-state index in [4.69, 9.17) is 4.74 Å². The topological polar surface area (TPSA) is 24.5 Å². The highest BCUT2D eigenvalue weighted by Crippen LogP contribution is 2.39. The van der Waals surface area contributed by atoms with Crippen LogP contribution in [-0.2, 0) is 0 Å². The third kappa shape index (κ3) is 3.60. The summed E-state index contributed by atoms with van der Waals surface area (Å²) in [6.07, 6.45) is -0.0820. The second kappa shape index (κ2) is 7.22. The standard InChI is InChI=1S/C19H20F2N2OS/c20-13-2-1-3-14(10-13)25-15-4-5-18-19(11-15)24-9-8-23(18)17-6-7-22-12-16(17)21/h1-5,10-11,16-17,22H,6-9,12H2. The van der Waals surface area contributed by atoms with Gasteiger partial charge in [0.25, 0.3) is 0 Å². The summed E-state index contributed by atoms with van der Waals surface area (Å²) in [4.78, 5) is 3.96. The van der Waals surface area contributed by atoms with Crippen LogP contribution in [0.2, 0.25) is 0 Å². The molecule has 0 amide bonds. The quantitative estimate of drug-likeness (QED) is 0.896. The fourth-order valence-corrected chi connectivity index (χ4v) is 4.35. The second-order valence-corrected chi connectivity index (χ2v) is 7.45. The molecule has 2 aromatic carbocycles. The number of ether oxygens (including phenoxy) is 1. The van der Waals surface area contributed by atoms with E-state index >= 15 is 0 Å². The van der Waals surface area contributed by atoms with Crippen LogP contribution in [0.25, 0.3) is 0 Å². The summed E-state index contributed by atoms with van der Waals surface area (Å²) in [5.41, 5.74) is 0.949. The molecule has 1 saturated heterocycles. The monoisotopic (exact) mass is 362 g/mol. The lowest BCUT2D eigenvalue weighted by Gasteiger charge is -2.41. The lowest BCUT2D eigenvalue weighted by atomic mass is 10.0. The van der Waals surface area contributed by atoms with Crippen LogP contribution in [0.15, 0.2) is 52.3 Å². The molecule has 6 heteroatoms. The van der Waals surface area contributed by atoms with Crippen LogP contribution in [0, 0.1) is 5.82 Å². The van der Waals surface area contributed by atoms with Gasteiger partial charge in [-0.1, -0.05) is 17.8 Å². The van der Waals surface area contributed by atoms with Crippen molar-refractivity contribution in [3.8, 4) is 5.75 Å². The number of hydrogen-bond acceptors (Lipinski definition) is 4. The molecule has 0 bridgehead atoms. The minimum absolute atomic E-state index is 0.106. The molecular weight excluding hydrogens is 342 g/mol. The lowest BCUT2D eigenvalue weighted by molar-refractivity contribution is 0.208. The lowest BCUT2D eigenvalue weighted by Crippen LogP contribution is -2.53. The zero-order chi connectivity index (χ0) is 17.2. The van der Waals surface area contributed by atoms with E-state index < -0.39 is 6.17 Å². The Bertz CT molecular complexity index is 758. The fraction of sp³-hybridized carbons (Fsp3) is 0.368. The van der Waals surface area contributed by atoms with Gasteiger partial charge in [-0.15, -0.1) is 0 Å². The zero-order valence-electron chi connectivity index (χ0n) is 13.8. The van der Waals surface area contributed by atoms with Gasteiger partial charge in [-0.05, 0) is 49.4 Å². The Morgan fingerprint density at radius 3 is 2.88 bits per heavy atom. The molecule has 0 saturated carbocycles. The Kier molecular flexibility index (Phi) is 4.81. The first kappa shape index (κ1) is 16.7. The molecule has 0 aliphatic carbocycles. The number of halogens is 2. The maximum atomic E-state index is 14.3. The largest absolute Gasteiger partial charge is 0.490 e. The van der Waals surface area contributed by atoms with Gasteiger partial charge in [0.15, 0.2) is 0 Å². The Hall–Kier alpha value is -1.79. The Labute approximate surface area is 150 Å². The molecule has 1 fully saturated rings.